The minimum absolute atomic E-state index is 0.253. The van der Waals surface area contributed by atoms with E-state index in [4.69, 9.17) is 0 Å². The highest BCUT2D eigenvalue weighted by molar-refractivity contribution is 7.90. The van der Waals surface area contributed by atoms with Gasteiger partial charge in [0.1, 0.15) is 0 Å². The van der Waals surface area contributed by atoms with Gasteiger partial charge in [-0.25, -0.2) is 8.42 Å². The molecule has 0 aliphatic rings. The lowest BCUT2D eigenvalue weighted by Gasteiger charge is -2.02. The van der Waals surface area contributed by atoms with Crippen molar-refractivity contribution in [1.82, 2.24) is 4.57 Å². The van der Waals surface area contributed by atoms with Crippen LogP contribution in [0.5, 0.6) is 0 Å². The fraction of sp³-hybridized carbons (Fsp3) is 0.100. The second-order valence-corrected chi connectivity index (χ2v) is 9.31. The quantitative estimate of drug-likeness (QED) is 0.520. The zero-order valence-corrected chi connectivity index (χ0v) is 16.3. The number of nitrogens with zero attached hydrogens (tertiary/aromatic N) is 2. The summed E-state index contributed by atoms with van der Waals surface area (Å²) in [4.78, 5) is 17.9. The first-order valence-corrected chi connectivity index (χ1v) is 10.9. The van der Waals surface area contributed by atoms with Crippen molar-refractivity contribution >= 4 is 48.1 Å². The van der Waals surface area contributed by atoms with Crippen LogP contribution in [-0.4, -0.2) is 25.1 Å². The van der Waals surface area contributed by atoms with Crippen molar-refractivity contribution in [3.05, 3.63) is 71.0 Å². The number of benzene rings is 3. The predicted molar refractivity (Wildman–Crippen MR) is 108 cm³/mol. The topological polar surface area (TPSA) is 68.5 Å². The number of hydrogen-bond donors (Lipinski definition) is 0. The maximum absolute atomic E-state index is 12.8. The van der Waals surface area contributed by atoms with E-state index >= 15 is 0 Å². The largest absolute Gasteiger partial charge is 0.319 e. The van der Waals surface area contributed by atoms with Crippen LogP contribution >= 0.6 is 11.3 Å². The molecule has 0 radical (unpaired) electrons. The molecule has 0 saturated heterocycles. The Hall–Kier alpha value is -2.77. The molecule has 0 spiro atoms. The molecule has 136 valence electrons. The zero-order valence-electron chi connectivity index (χ0n) is 14.7. The molecule has 3 aromatic carbocycles. The van der Waals surface area contributed by atoms with Gasteiger partial charge < -0.3 is 4.57 Å². The molecule has 0 aliphatic heterocycles. The van der Waals surface area contributed by atoms with Crippen LogP contribution in [0, 0.1) is 0 Å². The van der Waals surface area contributed by atoms with E-state index in [0.29, 0.717) is 10.4 Å². The van der Waals surface area contributed by atoms with Gasteiger partial charge in [0.15, 0.2) is 14.6 Å². The number of hydrogen-bond acceptors (Lipinski definition) is 4. The molecule has 0 bridgehead atoms. The summed E-state index contributed by atoms with van der Waals surface area (Å²) in [6, 6.07) is 18.2. The average molecular weight is 396 g/mol. The van der Waals surface area contributed by atoms with Crippen LogP contribution < -0.4 is 4.80 Å². The Morgan fingerprint density at radius 3 is 2.56 bits per heavy atom. The molecular formula is C20H16N2O3S2. The number of sulfone groups is 1. The van der Waals surface area contributed by atoms with Gasteiger partial charge in [-0.15, -0.1) is 0 Å². The summed E-state index contributed by atoms with van der Waals surface area (Å²) in [5, 5.41) is 1.84. The van der Waals surface area contributed by atoms with Gasteiger partial charge in [-0.3, -0.25) is 4.79 Å². The highest BCUT2D eigenvalue weighted by Crippen LogP contribution is 2.22. The molecular weight excluding hydrogens is 380 g/mol. The predicted octanol–water partition coefficient (Wildman–Crippen LogP) is 3.54. The first-order chi connectivity index (χ1) is 12.8. The number of rotatable bonds is 2. The Balaban J connectivity index is 1.87. The van der Waals surface area contributed by atoms with Gasteiger partial charge in [0.05, 0.1) is 15.1 Å². The summed E-state index contributed by atoms with van der Waals surface area (Å²) in [5.74, 6) is -0.322. The molecule has 1 aromatic heterocycles. The van der Waals surface area contributed by atoms with Crippen LogP contribution in [0.25, 0.3) is 21.0 Å². The third kappa shape index (κ3) is 3.20. The van der Waals surface area contributed by atoms with E-state index in [1.807, 2.05) is 43.4 Å². The monoisotopic (exact) mass is 396 g/mol. The van der Waals surface area contributed by atoms with Crippen molar-refractivity contribution in [2.24, 2.45) is 12.0 Å². The number of carbonyl (C=O) groups excluding carboxylic acids is 1. The van der Waals surface area contributed by atoms with Crippen molar-refractivity contribution < 1.29 is 13.2 Å². The highest BCUT2D eigenvalue weighted by atomic mass is 32.2. The van der Waals surface area contributed by atoms with Gasteiger partial charge in [-0.05, 0) is 35.0 Å². The van der Waals surface area contributed by atoms with E-state index in [0.717, 1.165) is 21.0 Å². The van der Waals surface area contributed by atoms with Crippen molar-refractivity contribution in [2.45, 2.75) is 4.90 Å². The normalized spacial score (nSPS) is 12.7. The smallest absolute Gasteiger partial charge is 0.280 e. The molecule has 27 heavy (non-hydrogen) atoms. The molecule has 4 rings (SSSR count). The van der Waals surface area contributed by atoms with Crippen molar-refractivity contribution in [3.63, 3.8) is 0 Å². The Labute approximate surface area is 160 Å². The fourth-order valence-electron chi connectivity index (χ4n) is 3.01. The lowest BCUT2D eigenvalue weighted by Crippen LogP contribution is -2.13. The number of fused-ring (bicyclic) bond motifs is 2. The Bertz CT molecular complexity index is 1370. The third-order valence-electron chi connectivity index (χ3n) is 4.43. The molecule has 0 saturated carbocycles. The summed E-state index contributed by atoms with van der Waals surface area (Å²) in [5.41, 5.74) is 1.37. The average Bonchev–Trinajstić information content (AvgIpc) is 2.95. The lowest BCUT2D eigenvalue weighted by molar-refractivity contribution is 0.0999. The summed E-state index contributed by atoms with van der Waals surface area (Å²) < 4.78 is 26.1. The Morgan fingerprint density at radius 2 is 1.78 bits per heavy atom. The van der Waals surface area contributed by atoms with E-state index in [9.17, 15) is 13.2 Å². The molecule has 0 unspecified atom stereocenters. The van der Waals surface area contributed by atoms with Gasteiger partial charge in [0.2, 0.25) is 0 Å². The summed E-state index contributed by atoms with van der Waals surface area (Å²) in [6.07, 6.45) is 1.18. The lowest BCUT2D eigenvalue weighted by atomic mass is 10.0. The van der Waals surface area contributed by atoms with Crippen LogP contribution in [-0.2, 0) is 16.9 Å². The van der Waals surface area contributed by atoms with Crippen LogP contribution in [0.1, 0.15) is 10.4 Å². The van der Waals surface area contributed by atoms with Crippen LogP contribution in [0.2, 0.25) is 0 Å². The van der Waals surface area contributed by atoms with Crippen molar-refractivity contribution in [1.29, 1.82) is 0 Å². The summed E-state index contributed by atoms with van der Waals surface area (Å²) in [7, 11) is -1.47. The molecule has 0 fully saturated rings. The van der Waals surface area contributed by atoms with Gasteiger partial charge >= 0.3 is 0 Å². The molecule has 5 nitrogen and oxygen atoms in total. The molecule has 4 aromatic rings. The van der Waals surface area contributed by atoms with E-state index in [2.05, 4.69) is 4.99 Å². The Morgan fingerprint density at radius 1 is 1.04 bits per heavy atom. The number of thiazole rings is 1. The molecule has 1 heterocycles. The van der Waals surface area contributed by atoms with Crippen molar-refractivity contribution in [2.75, 3.05) is 6.26 Å². The van der Waals surface area contributed by atoms with Gasteiger partial charge in [-0.1, -0.05) is 47.7 Å². The van der Waals surface area contributed by atoms with E-state index in [1.165, 1.54) is 17.6 Å². The van der Waals surface area contributed by atoms with Gasteiger partial charge in [0.25, 0.3) is 5.91 Å². The third-order valence-corrected chi connectivity index (χ3v) is 6.63. The number of amides is 1. The second-order valence-electron chi connectivity index (χ2n) is 6.29. The van der Waals surface area contributed by atoms with E-state index in [1.54, 1.807) is 28.8 Å². The number of carbonyl (C=O) groups is 1. The molecule has 1 amide bonds. The van der Waals surface area contributed by atoms with Gasteiger partial charge in [0, 0.05) is 18.9 Å². The molecule has 0 atom stereocenters. The second kappa shape index (κ2) is 6.44. The standard InChI is InChI=1S/C20H16N2O3S2/c1-22-17-11-10-14(27(2,24)25)12-18(17)26-20(22)21-19(23)16-9-5-7-13-6-3-4-8-15(13)16/h3-12H,1-2H3. The molecule has 7 heteroatoms. The molecule has 0 N–H and O–H groups in total. The number of aromatic nitrogens is 1. The first kappa shape index (κ1) is 17.6. The van der Waals surface area contributed by atoms with Crippen LogP contribution in [0.3, 0.4) is 0 Å². The SMILES string of the molecule is Cn1c(=NC(=O)c2cccc3ccccc23)sc2cc(S(C)(=O)=O)ccc21. The minimum Gasteiger partial charge on any atom is -0.319 e. The first-order valence-electron chi connectivity index (χ1n) is 8.21. The maximum atomic E-state index is 12.8. The van der Waals surface area contributed by atoms with E-state index < -0.39 is 9.84 Å². The summed E-state index contributed by atoms with van der Waals surface area (Å²) >= 11 is 1.29. The summed E-state index contributed by atoms with van der Waals surface area (Å²) in [6.45, 7) is 0. The van der Waals surface area contributed by atoms with E-state index in [-0.39, 0.29) is 10.8 Å². The van der Waals surface area contributed by atoms with Crippen LogP contribution in [0.4, 0.5) is 0 Å². The zero-order chi connectivity index (χ0) is 19.2. The number of aryl methyl sites for hydroxylation is 1. The van der Waals surface area contributed by atoms with Crippen molar-refractivity contribution in [3.8, 4) is 0 Å². The Kier molecular flexibility index (Phi) is 4.20. The fourth-order valence-corrected chi connectivity index (χ4v) is 4.79. The van der Waals surface area contributed by atoms with Gasteiger partial charge in [-0.2, -0.15) is 4.99 Å². The minimum atomic E-state index is -3.29. The highest BCUT2D eigenvalue weighted by Gasteiger charge is 2.13. The van der Waals surface area contributed by atoms with Crippen LogP contribution in [0.15, 0.2) is 70.6 Å². The maximum Gasteiger partial charge on any atom is 0.280 e. The molecule has 0 aliphatic carbocycles.